The van der Waals surface area contributed by atoms with Crippen molar-refractivity contribution < 1.29 is 23.9 Å². The first-order chi connectivity index (χ1) is 10.4. The van der Waals surface area contributed by atoms with E-state index in [0.717, 1.165) is 32.8 Å². The molecule has 0 aliphatic rings. The molecule has 5 amide bonds. The maximum Gasteiger partial charge on any atom is 0.326 e. The van der Waals surface area contributed by atoms with Gasteiger partial charge in [-0.25, -0.2) is 14.5 Å². The van der Waals surface area contributed by atoms with Crippen molar-refractivity contribution in [3.05, 3.63) is 0 Å². The number of unbranched alkanes of at least 4 members (excludes halogenated alkanes) is 3. The van der Waals surface area contributed by atoms with Gasteiger partial charge in [-0.3, -0.25) is 9.59 Å². The van der Waals surface area contributed by atoms with E-state index in [-0.39, 0.29) is 0 Å². The number of esters is 1. The van der Waals surface area contributed by atoms with Crippen LogP contribution in [0.3, 0.4) is 0 Å². The zero-order valence-electron chi connectivity index (χ0n) is 13.0. The van der Waals surface area contributed by atoms with E-state index >= 15 is 0 Å². The number of hydrogen-bond acceptors (Lipinski definition) is 5. The summed E-state index contributed by atoms with van der Waals surface area (Å²) < 4.78 is 4.34. The molecule has 0 saturated heterocycles. The fourth-order valence-electron chi connectivity index (χ4n) is 1.54. The molecule has 0 aliphatic carbocycles. The number of carbonyl (C=O) groups excluding carboxylic acids is 4. The van der Waals surface area contributed by atoms with Crippen LogP contribution in [0.25, 0.3) is 0 Å². The highest BCUT2D eigenvalue weighted by atomic mass is 16.5. The monoisotopic (exact) mass is 316 g/mol. The number of urea groups is 2. The SMILES string of the molecule is CCCCCCNC(=O)CN(C(N)=O)C(=O)NCC(=O)OC. The number of imide groups is 1. The van der Waals surface area contributed by atoms with Crippen LogP contribution in [0.4, 0.5) is 9.59 Å². The first kappa shape index (κ1) is 19.7. The molecule has 0 aliphatic heterocycles. The van der Waals surface area contributed by atoms with Gasteiger partial charge in [-0.15, -0.1) is 0 Å². The number of nitrogens with zero attached hydrogens (tertiary/aromatic N) is 1. The third kappa shape index (κ3) is 8.77. The van der Waals surface area contributed by atoms with Crippen molar-refractivity contribution in [3.8, 4) is 0 Å². The summed E-state index contributed by atoms with van der Waals surface area (Å²) in [6, 6.07) is -2.01. The van der Waals surface area contributed by atoms with E-state index in [1.807, 2.05) is 0 Å². The summed E-state index contributed by atoms with van der Waals surface area (Å²) in [5, 5.41) is 4.73. The van der Waals surface area contributed by atoms with Crippen LogP contribution < -0.4 is 16.4 Å². The standard InChI is InChI=1S/C13H24N4O5/c1-3-4-5-6-7-15-10(18)9-17(12(14)20)13(21)16-8-11(19)22-2/h3-9H2,1-2H3,(H2,14,20)(H,15,18)(H,16,21). The van der Waals surface area contributed by atoms with Crippen LogP contribution in [0.5, 0.6) is 0 Å². The highest BCUT2D eigenvalue weighted by molar-refractivity contribution is 5.97. The summed E-state index contributed by atoms with van der Waals surface area (Å²) in [7, 11) is 1.16. The quantitative estimate of drug-likeness (QED) is 0.405. The van der Waals surface area contributed by atoms with Crippen molar-refractivity contribution in [1.82, 2.24) is 15.5 Å². The van der Waals surface area contributed by atoms with E-state index in [1.54, 1.807) is 0 Å². The molecule has 9 nitrogen and oxygen atoms in total. The Labute approximate surface area is 129 Å². The molecular formula is C13H24N4O5. The van der Waals surface area contributed by atoms with Crippen LogP contribution in [0.2, 0.25) is 0 Å². The Morgan fingerprint density at radius 2 is 1.77 bits per heavy atom. The summed E-state index contributed by atoms with van der Waals surface area (Å²) in [5.74, 6) is -1.18. The summed E-state index contributed by atoms with van der Waals surface area (Å²) in [4.78, 5) is 46.0. The highest BCUT2D eigenvalue weighted by Gasteiger charge is 2.22. The molecule has 0 bridgehead atoms. The van der Waals surface area contributed by atoms with Gasteiger partial charge >= 0.3 is 18.0 Å². The van der Waals surface area contributed by atoms with Crippen LogP contribution in [0.15, 0.2) is 0 Å². The molecule has 22 heavy (non-hydrogen) atoms. The smallest absolute Gasteiger partial charge is 0.326 e. The predicted molar refractivity (Wildman–Crippen MR) is 78.9 cm³/mol. The molecular weight excluding hydrogens is 292 g/mol. The van der Waals surface area contributed by atoms with Crippen molar-refractivity contribution in [2.45, 2.75) is 32.6 Å². The van der Waals surface area contributed by atoms with Crippen LogP contribution in [0, 0.1) is 0 Å². The first-order valence-electron chi connectivity index (χ1n) is 7.10. The van der Waals surface area contributed by atoms with Gasteiger partial charge in [-0.1, -0.05) is 26.2 Å². The van der Waals surface area contributed by atoms with Gasteiger partial charge in [-0.05, 0) is 6.42 Å². The van der Waals surface area contributed by atoms with Gasteiger partial charge in [-0.2, -0.15) is 0 Å². The number of amides is 5. The molecule has 0 aromatic heterocycles. The summed E-state index contributed by atoms with van der Waals surface area (Å²) >= 11 is 0. The Hall–Kier alpha value is -2.32. The lowest BCUT2D eigenvalue weighted by Gasteiger charge is -2.18. The molecule has 0 aromatic carbocycles. The second-order valence-corrected chi connectivity index (χ2v) is 4.57. The number of hydrogen-bond donors (Lipinski definition) is 3. The largest absolute Gasteiger partial charge is 0.468 e. The Morgan fingerprint density at radius 3 is 2.32 bits per heavy atom. The zero-order chi connectivity index (χ0) is 17.0. The lowest BCUT2D eigenvalue weighted by atomic mass is 10.2. The van der Waals surface area contributed by atoms with E-state index in [0.29, 0.717) is 11.4 Å². The number of ether oxygens (including phenoxy) is 1. The second-order valence-electron chi connectivity index (χ2n) is 4.57. The van der Waals surface area contributed by atoms with Gasteiger partial charge in [0.25, 0.3) is 0 Å². The van der Waals surface area contributed by atoms with E-state index in [2.05, 4.69) is 22.3 Å². The molecule has 0 fully saturated rings. The Bertz CT molecular complexity index is 400. The van der Waals surface area contributed by atoms with Crippen molar-refractivity contribution in [2.24, 2.45) is 5.73 Å². The predicted octanol–water partition coefficient (Wildman–Crippen LogP) is -0.0538. The Kier molecular flexibility index (Phi) is 10.2. The average Bonchev–Trinajstić information content (AvgIpc) is 2.49. The number of carbonyl (C=O) groups is 4. The number of rotatable bonds is 9. The number of primary amides is 1. The van der Waals surface area contributed by atoms with Crippen LogP contribution in [-0.4, -0.2) is 55.6 Å². The Morgan fingerprint density at radius 1 is 1.09 bits per heavy atom. The van der Waals surface area contributed by atoms with Gasteiger partial charge in [0.1, 0.15) is 13.1 Å². The molecule has 0 radical (unpaired) electrons. The minimum absolute atomic E-state index is 0.419. The number of nitrogens with one attached hydrogen (secondary N) is 2. The lowest BCUT2D eigenvalue weighted by molar-refractivity contribution is -0.139. The lowest BCUT2D eigenvalue weighted by Crippen LogP contribution is -2.51. The van der Waals surface area contributed by atoms with Gasteiger partial charge in [0.15, 0.2) is 0 Å². The number of methoxy groups -OCH3 is 1. The van der Waals surface area contributed by atoms with Crippen molar-refractivity contribution in [2.75, 3.05) is 26.7 Å². The van der Waals surface area contributed by atoms with Crippen LogP contribution in [-0.2, 0) is 14.3 Å². The maximum atomic E-state index is 11.7. The summed E-state index contributed by atoms with van der Waals surface area (Å²) in [5.41, 5.74) is 5.05. The average molecular weight is 316 g/mol. The topological polar surface area (TPSA) is 131 Å². The first-order valence-corrected chi connectivity index (χ1v) is 7.10. The van der Waals surface area contributed by atoms with Crippen LogP contribution in [0.1, 0.15) is 32.6 Å². The van der Waals surface area contributed by atoms with E-state index in [4.69, 9.17) is 5.73 Å². The molecule has 0 aromatic rings. The normalized spacial score (nSPS) is 9.73. The van der Waals surface area contributed by atoms with E-state index < -0.39 is 37.0 Å². The zero-order valence-corrected chi connectivity index (χ0v) is 13.0. The fraction of sp³-hybridized carbons (Fsp3) is 0.692. The second kappa shape index (κ2) is 11.4. The van der Waals surface area contributed by atoms with Gasteiger partial charge < -0.3 is 21.1 Å². The third-order valence-electron chi connectivity index (χ3n) is 2.78. The molecule has 4 N–H and O–H groups in total. The molecule has 0 heterocycles. The Balaban J connectivity index is 4.22. The van der Waals surface area contributed by atoms with Crippen LogP contribution >= 0.6 is 0 Å². The fourth-order valence-corrected chi connectivity index (χ4v) is 1.54. The molecule has 126 valence electrons. The summed E-state index contributed by atoms with van der Waals surface area (Å²) in [6.45, 7) is 1.62. The third-order valence-corrected chi connectivity index (χ3v) is 2.78. The van der Waals surface area contributed by atoms with Crippen molar-refractivity contribution in [1.29, 1.82) is 0 Å². The van der Waals surface area contributed by atoms with Crippen molar-refractivity contribution >= 4 is 23.9 Å². The molecule has 0 rings (SSSR count). The van der Waals surface area contributed by atoms with Gasteiger partial charge in [0.05, 0.1) is 7.11 Å². The van der Waals surface area contributed by atoms with Crippen molar-refractivity contribution in [3.63, 3.8) is 0 Å². The summed E-state index contributed by atoms with van der Waals surface area (Å²) in [6.07, 6.45) is 3.99. The molecule has 0 spiro atoms. The van der Waals surface area contributed by atoms with Gasteiger partial charge in [0, 0.05) is 6.54 Å². The molecule has 0 unspecified atom stereocenters. The molecule has 9 heteroatoms. The van der Waals surface area contributed by atoms with E-state index in [9.17, 15) is 19.2 Å². The van der Waals surface area contributed by atoms with Gasteiger partial charge in [0.2, 0.25) is 5.91 Å². The minimum atomic E-state index is -1.08. The number of nitrogens with two attached hydrogens (primary N) is 1. The minimum Gasteiger partial charge on any atom is -0.468 e. The van der Waals surface area contributed by atoms with E-state index in [1.165, 1.54) is 0 Å². The maximum absolute atomic E-state index is 11.7. The molecule has 0 saturated carbocycles. The molecule has 0 atom stereocenters. The highest BCUT2D eigenvalue weighted by Crippen LogP contribution is 1.97.